The van der Waals surface area contributed by atoms with E-state index < -0.39 is 50.1 Å². The molecule has 15 nitrogen and oxygen atoms in total. The molecule has 0 spiro atoms. The Balaban J connectivity index is 2.22. The standard InChI is InChI=1S/C28H35N5O10S2/c1-29-23(34)6-8-44-45-9-7-24(35)31-20-4-2-18(3-5-20)19-10-21(12-32(14-25(36)37)15-26(38)39)30-22(11-19)13-33(16-27(40)41)17-28(42)43/h2-5,10-11H,6-9,12-17H2,1H3,(H,29,34)(H,31,35)(H,36,37)(H,38,39)(H,40,41)(H,42,43). The van der Waals surface area contributed by atoms with Crippen molar-refractivity contribution in [3.8, 4) is 11.1 Å². The number of pyridine rings is 1. The molecule has 1 aromatic heterocycles. The first-order valence-electron chi connectivity index (χ1n) is 13.5. The van der Waals surface area contributed by atoms with Crippen LogP contribution in [0, 0.1) is 0 Å². The Kier molecular flexibility index (Phi) is 15.8. The third kappa shape index (κ3) is 15.4. The highest BCUT2D eigenvalue weighted by Crippen LogP contribution is 2.25. The Labute approximate surface area is 266 Å². The molecule has 0 unspecified atom stereocenters. The van der Waals surface area contributed by atoms with Crippen molar-refractivity contribution in [3.63, 3.8) is 0 Å². The van der Waals surface area contributed by atoms with Gasteiger partial charge in [-0.2, -0.15) is 0 Å². The van der Waals surface area contributed by atoms with Crippen LogP contribution in [0.5, 0.6) is 0 Å². The molecule has 6 N–H and O–H groups in total. The average molecular weight is 666 g/mol. The van der Waals surface area contributed by atoms with Gasteiger partial charge in [0.25, 0.3) is 0 Å². The molecule has 45 heavy (non-hydrogen) atoms. The predicted molar refractivity (Wildman–Crippen MR) is 168 cm³/mol. The summed E-state index contributed by atoms with van der Waals surface area (Å²) >= 11 is 0. The molecule has 0 aliphatic carbocycles. The second-order valence-corrected chi connectivity index (χ2v) is 12.3. The smallest absolute Gasteiger partial charge is 0.317 e. The van der Waals surface area contributed by atoms with Crippen LogP contribution in [0.1, 0.15) is 24.2 Å². The lowest BCUT2D eigenvalue weighted by molar-refractivity contribution is -0.144. The van der Waals surface area contributed by atoms with Gasteiger partial charge in [-0.1, -0.05) is 33.7 Å². The van der Waals surface area contributed by atoms with Crippen LogP contribution in [0.3, 0.4) is 0 Å². The molecule has 0 aliphatic rings. The topological polar surface area (TPSA) is 227 Å². The van der Waals surface area contributed by atoms with E-state index in [0.29, 0.717) is 46.1 Å². The molecule has 0 atom stereocenters. The third-order valence-electron chi connectivity index (χ3n) is 5.83. The van der Waals surface area contributed by atoms with Crippen molar-refractivity contribution in [2.75, 3.05) is 50.0 Å². The van der Waals surface area contributed by atoms with Crippen LogP contribution in [0.15, 0.2) is 36.4 Å². The highest BCUT2D eigenvalue weighted by Gasteiger charge is 2.19. The molecule has 0 radical (unpaired) electrons. The second kappa shape index (κ2) is 19.3. The van der Waals surface area contributed by atoms with Crippen LogP contribution >= 0.6 is 21.6 Å². The molecular formula is C28H35N5O10S2. The van der Waals surface area contributed by atoms with Crippen molar-refractivity contribution >= 4 is 63.0 Å². The lowest BCUT2D eigenvalue weighted by atomic mass is 10.0. The van der Waals surface area contributed by atoms with E-state index in [1.807, 2.05) is 0 Å². The van der Waals surface area contributed by atoms with E-state index in [1.165, 1.54) is 21.6 Å². The third-order valence-corrected chi connectivity index (χ3v) is 8.24. The van der Waals surface area contributed by atoms with Crippen molar-refractivity contribution in [1.29, 1.82) is 0 Å². The van der Waals surface area contributed by atoms with Crippen molar-refractivity contribution in [2.45, 2.75) is 25.9 Å². The number of carboxylic acids is 4. The summed E-state index contributed by atoms with van der Waals surface area (Å²) in [7, 11) is 4.59. The number of carbonyl (C=O) groups is 6. The maximum absolute atomic E-state index is 12.4. The molecule has 1 aromatic carbocycles. The van der Waals surface area contributed by atoms with Gasteiger partial charge >= 0.3 is 23.9 Å². The van der Waals surface area contributed by atoms with Crippen LogP contribution in [0.2, 0.25) is 0 Å². The molecule has 0 bridgehead atoms. The molecule has 17 heteroatoms. The van der Waals surface area contributed by atoms with E-state index in [0.717, 1.165) is 9.80 Å². The number of anilines is 1. The Hall–Kier alpha value is -4.19. The summed E-state index contributed by atoms with van der Waals surface area (Å²) in [5.74, 6) is -3.98. The number of hydrogen-bond donors (Lipinski definition) is 6. The number of rotatable bonds is 21. The minimum Gasteiger partial charge on any atom is -0.480 e. The Morgan fingerprint density at radius 1 is 0.667 bits per heavy atom. The van der Waals surface area contributed by atoms with E-state index in [2.05, 4.69) is 15.6 Å². The first-order chi connectivity index (χ1) is 21.3. The van der Waals surface area contributed by atoms with Crippen LogP contribution in [0.4, 0.5) is 5.69 Å². The van der Waals surface area contributed by atoms with Crippen molar-refractivity contribution in [2.24, 2.45) is 0 Å². The molecule has 0 saturated carbocycles. The SMILES string of the molecule is CNC(=O)CCSSCCC(=O)Nc1ccc(-c2cc(CN(CC(=O)O)CC(=O)O)nc(CN(CC(=O)O)CC(=O)O)c2)cc1. The number of nitrogens with zero attached hydrogens (tertiary/aromatic N) is 3. The normalized spacial score (nSPS) is 10.9. The monoisotopic (exact) mass is 665 g/mol. The predicted octanol–water partition coefficient (Wildman–Crippen LogP) is 1.54. The van der Waals surface area contributed by atoms with Gasteiger partial charge in [0.15, 0.2) is 0 Å². The van der Waals surface area contributed by atoms with Crippen LogP contribution < -0.4 is 10.6 Å². The van der Waals surface area contributed by atoms with Gasteiger partial charge in [-0.25, -0.2) is 0 Å². The van der Waals surface area contributed by atoms with Crippen LogP contribution in [0.25, 0.3) is 11.1 Å². The van der Waals surface area contributed by atoms with E-state index in [9.17, 15) is 49.2 Å². The summed E-state index contributed by atoms with van der Waals surface area (Å²) in [5.41, 5.74) is 2.36. The van der Waals surface area contributed by atoms with Gasteiger partial charge < -0.3 is 31.1 Å². The molecule has 244 valence electrons. The van der Waals surface area contributed by atoms with Crippen molar-refractivity contribution in [3.05, 3.63) is 47.8 Å². The summed E-state index contributed by atoms with van der Waals surface area (Å²) in [6.07, 6.45) is 0.669. The number of amides is 2. The lowest BCUT2D eigenvalue weighted by Gasteiger charge is -2.21. The number of carbonyl (C=O) groups excluding carboxylic acids is 2. The zero-order valence-corrected chi connectivity index (χ0v) is 26.1. The van der Waals surface area contributed by atoms with E-state index in [1.54, 1.807) is 43.4 Å². The maximum atomic E-state index is 12.4. The highest BCUT2D eigenvalue weighted by atomic mass is 33.1. The van der Waals surface area contributed by atoms with Gasteiger partial charge in [0.05, 0.1) is 37.6 Å². The maximum Gasteiger partial charge on any atom is 0.317 e. The number of hydrogen-bond acceptors (Lipinski definition) is 11. The molecular weight excluding hydrogens is 630 g/mol. The first-order valence-corrected chi connectivity index (χ1v) is 16.0. The number of carboxylic acid groups (broad SMARTS) is 4. The van der Waals surface area contributed by atoms with Crippen molar-refractivity contribution in [1.82, 2.24) is 20.1 Å². The van der Waals surface area contributed by atoms with Gasteiger partial charge in [-0.05, 0) is 35.4 Å². The zero-order chi connectivity index (χ0) is 33.4. The van der Waals surface area contributed by atoms with Gasteiger partial charge in [0.1, 0.15) is 0 Å². The summed E-state index contributed by atoms with van der Waals surface area (Å²) in [5, 5.41) is 42.3. The highest BCUT2D eigenvalue weighted by molar-refractivity contribution is 8.76. The number of benzene rings is 1. The van der Waals surface area contributed by atoms with Gasteiger partial charge in [-0.3, -0.25) is 43.6 Å². The molecule has 0 saturated heterocycles. The van der Waals surface area contributed by atoms with Gasteiger partial charge in [-0.15, -0.1) is 0 Å². The zero-order valence-electron chi connectivity index (χ0n) is 24.4. The Morgan fingerprint density at radius 3 is 1.49 bits per heavy atom. The van der Waals surface area contributed by atoms with Crippen molar-refractivity contribution < 1.29 is 49.2 Å². The summed E-state index contributed by atoms with van der Waals surface area (Å²) < 4.78 is 0. The fourth-order valence-electron chi connectivity index (χ4n) is 4.02. The summed E-state index contributed by atoms with van der Waals surface area (Å²) in [6, 6.07) is 10.1. The number of aromatic nitrogens is 1. The van der Waals surface area contributed by atoms with E-state index in [-0.39, 0.29) is 31.3 Å². The Morgan fingerprint density at radius 2 is 1.09 bits per heavy atom. The van der Waals surface area contributed by atoms with E-state index >= 15 is 0 Å². The quantitative estimate of drug-likeness (QED) is 0.0821. The first kappa shape index (κ1) is 37.0. The second-order valence-electron chi connectivity index (χ2n) is 9.65. The largest absolute Gasteiger partial charge is 0.480 e. The van der Waals surface area contributed by atoms with E-state index in [4.69, 9.17) is 0 Å². The van der Waals surface area contributed by atoms with Crippen LogP contribution in [-0.4, -0.2) is 116 Å². The lowest BCUT2D eigenvalue weighted by Crippen LogP contribution is -2.35. The van der Waals surface area contributed by atoms with Gasteiger partial charge in [0.2, 0.25) is 11.8 Å². The fraction of sp³-hybridized carbons (Fsp3) is 0.393. The molecule has 1 heterocycles. The summed E-state index contributed by atoms with van der Waals surface area (Å²) in [6.45, 7) is -2.60. The number of aliphatic carboxylic acids is 4. The molecule has 0 fully saturated rings. The molecule has 0 aliphatic heterocycles. The minimum atomic E-state index is -1.24. The molecule has 2 amide bonds. The van der Waals surface area contributed by atoms with Gasteiger partial charge in [0, 0.05) is 50.2 Å². The minimum absolute atomic E-state index is 0.0415. The average Bonchev–Trinajstić information content (AvgIpc) is 2.93. The summed E-state index contributed by atoms with van der Waals surface area (Å²) in [4.78, 5) is 75.6. The molecule has 2 aromatic rings. The van der Waals surface area contributed by atoms with Crippen LogP contribution in [-0.2, 0) is 41.9 Å². The molecule has 2 rings (SSSR count). The Bertz CT molecular complexity index is 1270. The fourth-order valence-corrected chi connectivity index (χ4v) is 6.00. The number of nitrogens with one attached hydrogen (secondary N) is 2.